The first kappa shape index (κ1) is 11.5. The fourth-order valence-electron chi connectivity index (χ4n) is 1.81. The minimum Gasteiger partial charge on any atom is -0.376 e. The smallest absolute Gasteiger partial charge is 0.273 e. The minimum absolute atomic E-state index is 0.0326. The molecule has 1 fully saturated rings. The molecule has 2 rings (SSSR count). The topological polar surface area (TPSA) is 42.4 Å². The van der Waals surface area contributed by atoms with Gasteiger partial charge in [0, 0.05) is 25.1 Å². The molecule has 1 saturated heterocycles. The molecular weight excluding hydrogens is 224 g/mol. The molecule has 1 aromatic heterocycles. The summed E-state index contributed by atoms with van der Waals surface area (Å²) in [5.41, 5.74) is 0.557. The fourth-order valence-corrected chi connectivity index (χ4v) is 2.31. The molecule has 5 heteroatoms. The Balaban J connectivity index is 2.04. The highest BCUT2D eigenvalue weighted by Crippen LogP contribution is 2.12. The molecule has 1 aromatic rings. The number of ether oxygens (including phenoxy) is 1. The third kappa shape index (κ3) is 2.59. The number of amides is 1. The minimum atomic E-state index is 0.0326. The molecule has 2 heterocycles. The first-order chi connectivity index (χ1) is 7.81. The van der Waals surface area contributed by atoms with Gasteiger partial charge in [-0.25, -0.2) is 0 Å². The standard InChI is InChI=1S/C11H16N2O2S/c1-2-9-8-13(5-3-6-15-9)11(14)10-4-7-16-12-10/h4,7,9H,2-3,5-6,8H2,1H3. The second kappa shape index (κ2) is 5.41. The molecule has 0 saturated carbocycles. The lowest BCUT2D eigenvalue weighted by Gasteiger charge is -2.22. The van der Waals surface area contributed by atoms with E-state index in [1.807, 2.05) is 10.3 Å². The number of rotatable bonds is 2. The van der Waals surface area contributed by atoms with Crippen molar-refractivity contribution in [2.24, 2.45) is 0 Å². The summed E-state index contributed by atoms with van der Waals surface area (Å²) < 4.78 is 9.72. The van der Waals surface area contributed by atoms with Crippen LogP contribution in [0, 0.1) is 0 Å². The normalized spacial score (nSPS) is 21.8. The summed E-state index contributed by atoms with van der Waals surface area (Å²) in [6, 6.07) is 1.78. The summed E-state index contributed by atoms with van der Waals surface area (Å²) in [6.07, 6.45) is 2.03. The summed E-state index contributed by atoms with van der Waals surface area (Å²) in [6.45, 7) is 4.29. The van der Waals surface area contributed by atoms with Gasteiger partial charge < -0.3 is 9.64 Å². The van der Waals surface area contributed by atoms with Crippen LogP contribution in [0.1, 0.15) is 30.3 Å². The Hall–Kier alpha value is -0.940. The van der Waals surface area contributed by atoms with Gasteiger partial charge in [0.25, 0.3) is 5.91 Å². The van der Waals surface area contributed by atoms with Crippen molar-refractivity contribution in [1.82, 2.24) is 9.27 Å². The lowest BCUT2D eigenvalue weighted by molar-refractivity contribution is 0.0458. The average molecular weight is 240 g/mol. The Morgan fingerprint density at radius 1 is 1.75 bits per heavy atom. The lowest BCUT2D eigenvalue weighted by atomic mass is 10.2. The highest BCUT2D eigenvalue weighted by molar-refractivity contribution is 7.03. The maximum absolute atomic E-state index is 12.1. The molecule has 0 aliphatic carbocycles. The molecule has 0 radical (unpaired) electrons. The van der Waals surface area contributed by atoms with E-state index in [2.05, 4.69) is 11.3 Å². The number of carbonyl (C=O) groups is 1. The van der Waals surface area contributed by atoms with E-state index in [-0.39, 0.29) is 12.0 Å². The third-order valence-corrected chi connectivity index (χ3v) is 3.31. The van der Waals surface area contributed by atoms with Gasteiger partial charge in [-0.15, -0.1) is 0 Å². The van der Waals surface area contributed by atoms with Gasteiger partial charge >= 0.3 is 0 Å². The highest BCUT2D eigenvalue weighted by atomic mass is 32.1. The maximum atomic E-state index is 12.1. The van der Waals surface area contributed by atoms with Crippen LogP contribution < -0.4 is 0 Å². The number of nitrogens with zero attached hydrogens (tertiary/aromatic N) is 2. The largest absolute Gasteiger partial charge is 0.376 e. The molecule has 1 unspecified atom stereocenters. The monoisotopic (exact) mass is 240 g/mol. The summed E-state index contributed by atoms with van der Waals surface area (Å²) in [5.74, 6) is 0.0326. The Bertz CT molecular complexity index is 340. The van der Waals surface area contributed by atoms with Crippen LogP contribution in [0.15, 0.2) is 11.4 Å². The molecule has 4 nitrogen and oxygen atoms in total. The Morgan fingerprint density at radius 2 is 2.62 bits per heavy atom. The van der Waals surface area contributed by atoms with Crippen LogP contribution in [0.4, 0.5) is 0 Å². The predicted molar refractivity (Wildman–Crippen MR) is 62.7 cm³/mol. The Morgan fingerprint density at radius 3 is 3.31 bits per heavy atom. The van der Waals surface area contributed by atoms with E-state index in [1.54, 1.807) is 6.07 Å². The molecule has 1 aliphatic rings. The molecule has 1 atom stereocenters. The summed E-state index contributed by atoms with van der Waals surface area (Å²) >= 11 is 1.31. The van der Waals surface area contributed by atoms with Gasteiger partial charge in [0.1, 0.15) is 5.69 Å². The van der Waals surface area contributed by atoms with Crippen molar-refractivity contribution >= 4 is 17.4 Å². The van der Waals surface area contributed by atoms with Gasteiger partial charge in [-0.1, -0.05) is 6.92 Å². The molecule has 1 aliphatic heterocycles. The van der Waals surface area contributed by atoms with Crippen LogP contribution in [-0.4, -0.2) is 41.0 Å². The number of aromatic nitrogens is 1. The molecule has 88 valence electrons. The number of hydrogen-bond donors (Lipinski definition) is 0. The fraction of sp³-hybridized carbons (Fsp3) is 0.636. The second-order valence-electron chi connectivity index (χ2n) is 3.89. The van der Waals surface area contributed by atoms with Crippen LogP contribution >= 0.6 is 11.5 Å². The quantitative estimate of drug-likeness (QED) is 0.791. The molecule has 0 bridgehead atoms. The van der Waals surface area contributed by atoms with E-state index >= 15 is 0 Å². The van der Waals surface area contributed by atoms with Crippen molar-refractivity contribution < 1.29 is 9.53 Å². The lowest BCUT2D eigenvalue weighted by Crippen LogP contribution is -2.36. The van der Waals surface area contributed by atoms with Crippen LogP contribution in [-0.2, 0) is 4.74 Å². The van der Waals surface area contributed by atoms with E-state index in [4.69, 9.17) is 4.74 Å². The summed E-state index contributed by atoms with van der Waals surface area (Å²) in [7, 11) is 0. The summed E-state index contributed by atoms with van der Waals surface area (Å²) in [4.78, 5) is 13.9. The molecule has 16 heavy (non-hydrogen) atoms. The van der Waals surface area contributed by atoms with Crippen molar-refractivity contribution in [3.05, 3.63) is 17.1 Å². The molecule has 0 spiro atoms. The van der Waals surface area contributed by atoms with Gasteiger partial charge in [0.15, 0.2) is 0 Å². The van der Waals surface area contributed by atoms with Crippen LogP contribution in [0.2, 0.25) is 0 Å². The van der Waals surface area contributed by atoms with Gasteiger partial charge in [-0.3, -0.25) is 4.79 Å². The van der Waals surface area contributed by atoms with Gasteiger partial charge in [0.2, 0.25) is 0 Å². The van der Waals surface area contributed by atoms with E-state index < -0.39 is 0 Å². The third-order valence-electron chi connectivity index (χ3n) is 2.75. The molecular formula is C11H16N2O2S. The first-order valence-electron chi connectivity index (χ1n) is 5.62. The molecule has 0 N–H and O–H groups in total. The van der Waals surface area contributed by atoms with Crippen LogP contribution in [0.5, 0.6) is 0 Å². The van der Waals surface area contributed by atoms with Crippen molar-refractivity contribution in [3.8, 4) is 0 Å². The van der Waals surface area contributed by atoms with E-state index in [1.165, 1.54) is 11.5 Å². The zero-order valence-electron chi connectivity index (χ0n) is 9.39. The summed E-state index contributed by atoms with van der Waals surface area (Å²) in [5, 5.41) is 1.83. The van der Waals surface area contributed by atoms with Crippen molar-refractivity contribution in [1.29, 1.82) is 0 Å². The molecule has 0 aromatic carbocycles. The first-order valence-corrected chi connectivity index (χ1v) is 6.46. The van der Waals surface area contributed by atoms with Gasteiger partial charge in [-0.05, 0) is 30.4 Å². The van der Waals surface area contributed by atoms with Gasteiger partial charge in [0.05, 0.1) is 6.10 Å². The van der Waals surface area contributed by atoms with Gasteiger partial charge in [-0.2, -0.15) is 4.37 Å². The Kier molecular flexibility index (Phi) is 3.90. The zero-order valence-corrected chi connectivity index (χ0v) is 10.2. The van der Waals surface area contributed by atoms with E-state index in [0.29, 0.717) is 12.2 Å². The zero-order chi connectivity index (χ0) is 11.4. The van der Waals surface area contributed by atoms with Crippen LogP contribution in [0.25, 0.3) is 0 Å². The average Bonchev–Trinajstić information content (AvgIpc) is 2.73. The second-order valence-corrected chi connectivity index (χ2v) is 4.56. The van der Waals surface area contributed by atoms with Crippen molar-refractivity contribution in [2.45, 2.75) is 25.9 Å². The number of hydrogen-bond acceptors (Lipinski definition) is 4. The number of carbonyl (C=O) groups excluding carboxylic acids is 1. The predicted octanol–water partition coefficient (Wildman–Crippen LogP) is 1.78. The van der Waals surface area contributed by atoms with Crippen molar-refractivity contribution in [3.63, 3.8) is 0 Å². The SMILES string of the molecule is CCC1CN(C(=O)c2ccsn2)CCCO1. The van der Waals surface area contributed by atoms with E-state index in [9.17, 15) is 4.79 Å². The Labute approximate surface area is 99.4 Å². The maximum Gasteiger partial charge on any atom is 0.273 e. The van der Waals surface area contributed by atoms with Crippen LogP contribution in [0.3, 0.4) is 0 Å². The van der Waals surface area contributed by atoms with E-state index in [0.717, 1.165) is 26.0 Å². The molecule has 1 amide bonds. The highest BCUT2D eigenvalue weighted by Gasteiger charge is 2.23. The van der Waals surface area contributed by atoms with Crippen molar-refractivity contribution in [2.75, 3.05) is 19.7 Å².